The highest BCUT2D eigenvalue weighted by Crippen LogP contribution is 2.33. The van der Waals surface area contributed by atoms with Gasteiger partial charge in [0.1, 0.15) is 5.82 Å². The Labute approximate surface area is 127 Å². The van der Waals surface area contributed by atoms with Gasteiger partial charge in [-0.25, -0.2) is 4.39 Å². The summed E-state index contributed by atoms with van der Waals surface area (Å²) in [7, 11) is 0. The van der Waals surface area contributed by atoms with Crippen molar-refractivity contribution in [2.45, 2.75) is 38.1 Å². The predicted molar refractivity (Wildman–Crippen MR) is 77.7 cm³/mol. The monoisotopic (exact) mass is 309 g/mol. The topological polar surface area (TPSA) is 51.0 Å². The second-order valence-corrected chi connectivity index (χ2v) is 5.77. The molecule has 3 rings (SSSR count). The number of benzene rings is 1. The predicted octanol–water partition coefficient (Wildman–Crippen LogP) is 3.44. The number of nitrogens with zero attached hydrogens (tertiary/aromatic N) is 2. The van der Waals surface area contributed by atoms with Gasteiger partial charge in [-0.05, 0) is 37.9 Å². The largest absolute Gasteiger partial charge is 0.337 e. The third kappa shape index (κ3) is 2.68. The summed E-state index contributed by atoms with van der Waals surface area (Å²) in [6.07, 6.45) is 3.18. The van der Waals surface area contributed by atoms with Crippen LogP contribution in [0.15, 0.2) is 22.7 Å². The fourth-order valence-corrected chi connectivity index (χ4v) is 3.05. The van der Waals surface area contributed by atoms with Gasteiger partial charge in [0.15, 0.2) is 5.82 Å². The summed E-state index contributed by atoms with van der Waals surface area (Å²) in [4.78, 5) is 4.45. The van der Waals surface area contributed by atoms with Crippen molar-refractivity contribution < 1.29 is 8.91 Å². The van der Waals surface area contributed by atoms with Crippen LogP contribution in [0, 0.1) is 5.82 Å². The number of aromatic nitrogens is 2. The second-order valence-electron chi connectivity index (χ2n) is 5.36. The highest BCUT2D eigenvalue weighted by molar-refractivity contribution is 6.31. The highest BCUT2D eigenvalue weighted by Gasteiger charge is 2.38. The summed E-state index contributed by atoms with van der Waals surface area (Å²) >= 11 is 6.03. The van der Waals surface area contributed by atoms with Gasteiger partial charge in [0.25, 0.3) is 0 Å². The molecule has 2 heterocycles. The average molecular weight is 310 g/mol. The molecule has 0 amide bonds. The number of nitrogens with one attached hydrogen (secondary N) is 1. The first-order valence-electron chi connectivity index (χ1n) is 7.15. The molecule has 4 nitrogen and oxygen atoms in total. The first-order valence-corrected chi connectivity index (χ1v) is 7.53. The maximum atomic E-state index is 13.8. The lowest BCUT2D eigenvalue weighted by atomic mass is 9.94. The van der Waals surface area contributed by atoms with Gasteiger partial charge in [-0.1, -0.05) is 29.7 Å². The Hall–Kier alpha value is -1.46. The lowest BCUT2D eigenvalue weighted by Gasteiger charge is -2.22. The molecule has 1 N–H and O–H groups in total. The number of hydrogen-bond acceptors (Lipinski definition) is 4. The van der Waals surface area contributed by atoms with Crippen molar-refractivity contribution >= 4 is 11.6 Å². The maximum Gasteiger partial charge on any atom is 0.246 e. The Balaban J connectivity index is 1.86. The van der Waals surface area contributed by atoms with Gasteiger partial charge in [-0.2, -0.15) is 4.98 Å². The van der Waals surface area contributed by atoms with Crippen molar-refractivity contribution in [3.05, 3.63) is 46.3 Å². The second kappa shape index (κ2) is 5.73. The molecule has 21 heavy (non-hydrogen) atoms. The van der Waals surface area contributed by atoms with Crippen LogP contribution in [0.25, 0.3) is 0 Å². The molecular formula is C15H17ClFN3O. The first kappa shape index (κ1) is 14.5. The van der Waals surface area contributed by atoms with E-state index >= 15 is 0 Å². The van der Waals surface area contributed by atoms with Crippen molar-refractivity contribution in [3.63, 3.8) is 0 Å². The Kier molecular flexibility index (Phi) is 3.95. The summed E-state index contributed by atoms with van der Waals surface area (Å²) in [6, 6.07) is 4.62. The van der Waals surface area contributed by atoms with Gasteiger partial charge >= 0.3 is 0 Å². The fourth-order valence-electron chi connectivity index (χ4n) is 2.82. The molecule has 6 heteroatoms. The van der Waals surface area contributed by atoms with E-state index in [4.69, 9.17) is 16.1 Å². The van der Waals surface area contributed by atoms with Crippen LogP contribution in [0.2, 0.25) is 5.02 Å². The molecule has 1 aliphatic rings. The van der Waals surface area contributed by atoms with Crippen molar-refractivity contribution in [1.29, 1.82) is 0 Å². The summed E-state index contributed by atoms with van der Waals surface area (Å²) in [6.45, 7) is 3.04. The van der Waals surface area contributed by atoms with E-state index < -0.39 is 0 Å². The molecule has 1 atom stereocenters. The van der Waals surface area contributed by atoms with Gasteiger partial charge in [-0.3, -0.25) is 0 Å². The maximum absolute atomic E-state index is 13.8. The number of halogens is 2. The molecule has 0 bridgehead atoms. The van der Waals surface area contributed by atoms with Crippen LogP contribution in [0.4, 0.5) is 4.39 Å². The molecule has 2 aromatic rings. The Morgan fingerprint density at radius 2 is 2.33 bits per heavy atom. The van der Waals surface area contributed by atoms with Crippen molar-refractivity contribution in [1.82, 2.24) is 15.5 Å². The Bertz CT molecular complexity index is 617. The minimum absolute atomic E-state index is 0.231. The van der Waals surface area contributed by atoms with Crippen molar-refractivity contribution in [3.8, 4) is 0 Å². The molecule has 0 aliphatic carbocycles. The lowest BCUT2D eigenvalue weighted by Crippen LogP contribution is -2.36. The minimum atomic E-state index is -0.349. The molecule has 1 aromatic heterocycles. The number of rotatable bonds is 4. The lowest BCUT2D eigenvalue weighted by molar-refractivity contribution is 0.249. The molecule has 1 unspecified atom stereocenters. The zero-order chi connectivity index (χ0) is 14.9. The summed E-state index contributed by atoms with van der Waals surface area (Å²) in [5.41, 5.74) is 0.168. The zero-order valence-electron chi connectivity index (χ0n) is 11.8. The Morgan fingerprint density at radius 3 is 3.00 bits per heavy atom. The van der Waals surface area contributed by atoms with E-state index in [9.17, 15) is 4.39 Å². The molecule has 1 aromatic carbocycles. The molecule has 0 radical (unpaired) electrons. The van der Waals surface area contributed by atoms with Crippen LogP contribution in [-0.4, -0.2) is 16.7 Å². The van der Waals surface area contributed by atoms with E-state index in [1.165, 1.54) is 6.07 Å². The van der Waals surface area contributed by atoms with E-state index in [0.717, 1.165) is 25.8 Å². The normalized spacial score (nSPS) is 21.9. The van der Waals surface area contributed by atoms with E-state index in [2.05, 4.69) is 22.4 Å². The fraction of sp³-hybridized carbons (Fsp3) is 0.467. The molecule has 112 valence electrons. The summed E-state index contributed by atoms with van der Waals surface area (Å²) < 4.78 is 19.2. The van der Waals surface area contributed by atoms with Crippen LogP contribution < -0.4 is 5.32 Å². The van der Waals surface area contributed by atoms with Crippen LogP contribution >= 0.6 is 11.6 Å². The van der Waals surface area contributed by atoms with Gasteiger partial charge < -0.3 is 9.84 Å². The zero-order valence-corrected chi connectivity index (χ0v) is 12.6. The molecular weight excluding hydrogens is 293 g/mol. The van der Waals surface area contributed by atoms with E-state index in [-0.39, 0.29) is 17.8 Å². The Morgan fingerprint density at radius 1 is 1.48 bits per heavy atom. The summed E-state index contributed by atoms with van der Waals surface area (Å²) in [5, 5.41) is 7.80. The molecule has 1 fully saturated rings. The van der Waals surface area contributed by atoms with Gasteiger partial charge in [0, 0.05) is 17.0 Å². The first-order chi connectivity index (χ1) is 10.1. The highest BCUT2D eigenvalue weighted by atomic mass is 35.5. The van der Waals surface area contributed by atoms with Crippen LogP contribution in [0.1, 0.15) is 43.5 Å². The van der Waals surface area contributed by atoms with Gasteiger partial charge in [0.05, 0.1) is 5.54 Å². The van der Waals surface area contributed by atoms with E-state index in [1.54, 1.807) is 12.1 Å². The van der Waals surface area contributed by atoms with Crippen molar-refractivity contribution in [2.75, 3.05) is 6.54 Å². The number of hydrogen-bond donors (Lipinski definition) is 1. The minimum Gasteiger partial charge on any atom is -0.337 e. The van der Waals surface area contributed by atoms with E-state index in [1.807, 2.05) is 0 Å². The van der Waals surface area contributed by atoms with Gasteiger partial charge in [0.2, 0.25) is 5.89 Å². The van der Waals surface area contributed by atoms with Crippen molar-refractivity contribution in [2.24, 2.45) is 0 Å². The van der Waals surface area contributed by atoms with E-state index in [0.29, 0.717) is 22.3 Å². The van der Waals surface area contributed by atoms with Crippen LogP contribution in [-0.2, 0) is 12.0 Å². The van der Waals surface area contributed by atoms with Crippen LogP contribution in [0.5, 0.6) is 0 Å². The third-order valence-electron chi connectivity index (χ3n) is 4.12. The molecule has 0 spiro atoms. The third-order valence-corrected chi connectivity index (χ3v) is 4.48. The molecule has 1 saturated heterocycles. The summed E-state index contributed by atoms with van der Waals surface area (Å²) in [5.74, 6) is 0.696. The smallest absolute Gasteiger partial charge is 0.246 e. The molecule has 1 aliphatic heterocycles. The standard InChI is InChI=1S/C15H17ClFN3O/c1-2-15(7-4-8-18-15)14-19-13(20-21-14)9-10-11(16)5-3-6-12(10)17/h3,5-6,18H,2,4,7-9H2,1H3. The van der Waals surface area contributed by atoms with Gasteiger partial charge in [-0.15, -0.1) is 0 Å². The van der Waals surface area contributed by atoms with Crippen LogP contribution in [0.3, 0.4) is 0 Å². The molecule has 0 saturated carbocycles. The SMILES string of the molecule is CCC1(c2nc(Cc3c(F)cccc3Cl)no2)CCCN1. The quantitative estimate of drug-likeness (QED) is 0.940. The average Bonchev–Trinajstić information content (AvgIpc) is 3.13.